The van der Waals surface area contributed by atoms with Crippen molar-refractivity contribution in [3.63, 3.8) is 0 Å². The molecule has 0 N–H and O–H groups in total. The van der Waals surface area contributed by atoms with Crippen molar-refractivity contribution in [2.75, 3.05) is 0 Å². The topological polar surface area (TPSA) is 22.0 Å². The Morgan fingerprint density at radius 3 is 2.57 bits per heavy atom. The predicted octanol–water partition coefficient (Wildman–Crippen LogP) is 5.31. The molecule has 2 aromatic carbocycles. The second-order valence-corrected chi connectivity index (χ2v) is 6.54. The minimum absolute atomic E-state index is 0.00734. The van der Waals surface area contributed by atoms with Crippen molar-refractivity contribution in [3.8, 4) is 0 Å². The van der Waals surface area contributed by atoms with Gasteiger partial charge in [0.05, 0.1) is 21.3 Å². The highest BCUT2D eigenvalue weighted by Crippen LogP contribution is 2.34. The zero-order valence-corrected chi connectivity index (χ0v) is 13.3. The molecule has 0 spiro atoms. The van der Waals surface area contributed by atoms with E-state index in [4.69, 9.17) is 0 Å². The highest BCUT2D eigenvalue weighted by molar-refractivity contribution is 9.10. The van der Waals surface area contributed by atoms with Gasteiger partial charge in [0.1, 0.15) is 0 Å². The summed E-state index contributed by atoms with van der Waals surface area (Å²) in [6.07, 6.45) is 0. The van der Waals surface area contributed by atoms with E-state index in [1.165, 1.54) is 0 Å². The molecule has 2 nitrogen and oxygen atoms in total. The lowest BCUT2D eigenvalue weighted by atomic mass is 10.2. The van der Waals surface area contributed by atoms with Gasteiger partial charge in [-0.2, -0.15) is 0 Å². The van der Waals surface area contributed by atoms with E-state index in [1.807, 2.05) is 53.9 Å². The minimum Gasteiger partial charge on any atom is -0.275 e. The molecule has 2 aromatic heterocycles. The van der Waals surface area contributed by atoms with Gasteiger partial charge in [-0.05, 0) is 45.6 Å². The van der Waals surface area contributed by atoms with Crippen molar-refractivity contribution in [1.29, 1.82) is 0 Å². The Labute approximate surface area is 133 Å². The first-order valence-corrected chi connectivity index (χ1v) is 8.20. The second kappa shape index (κ2) is 4.83. The molecule has 0 unspecified atom stereocenters. The van der Waals surface area contributed by atoms with Gasteiger partial charge in [-0.15, -0.1) is 11.3 Å². The summed E-state index contributed by atoms with van der Waals surface area (Å²) in [6.45, 7) is 0. The number of halogens is 1. The second-order valence-electron chi connectivity index (χ2n) is 4.77. The SMILES string of the molecule is O=C(c1ccccc1Br)n1c2ccccc2c2sccc21. The molecule has 0 atom stereocenters. The molecule has 2 heterocycles. The van der Waals surface area contributed by atoms with E-state index in [0.717, 1.165) is 25.6 Å². The van der Waals surface area contributed by atoms with E-state index >= 15 is 0 Å². The van der Waals surface area contributed by atoms with Crippen LogP contribution in [0.1, 0.15) is 10.4 Å². The third kappa shape index (κ3) is 1.87. The molecule has 0 amide bonds. The number of hydrogen-bond donors (Lipinski definition) is 0. The fourth-order valence-corrected chi connectivity index (χ4v) is 4.01. The molecule has 0 fully saturated rings. The number of rotatable bonds is 1. The zero-order chi connectivity index (χ0) is 14.4. The van der Waals surface area contributed by atoms with Crippen molar-refractivity contribution in [3.05, 3.63) is 70.0 Å². The normalized spacial score (nSPS) is 11.3. The van der Waals surface area contributed by atoms with Gasteiger partial charge in [-0.1, -0.05) is 30.3 Å². The fourth-order valence-electron chi connectivity index (χ4n) is 2.64. The van der Waals surface area contributed by atoms with Gasteiger partial charge in [0.15, 0.2) is 0 Å². The lowest BCUT2D eigenvalue weighted by Crippen LogP contribution is -2.11. The summed E-state index contributed by atoms with van der Waals surface area (Å²) in [7, 11) is 0. The van der Waals surface area contributed by atoms with Crippen molar-refractivity contribution in [1.82, 2.24) is 4.57 Å². The van der Waals surface area contributed by atoms with E-state index in [0.29, 0.717) is 5.56 Å². The maximum atomic E-state index is 13.0. The number of thiophene rings is 1. The number of benzene rings is 2. The van der Waals surface area contributed by atoms with Gasteiger partial charge in [0.25, 0.3) is 5.91 Å². The zero-order valence-electron chi connectivity index (χ0n) is 10.9. The fraction of sp³-hybridized carbons (Fsp3) is 0. The monoisotopic (exact) mass is 355 g/mol. The van der Waals surface area contributed by atoms with Gasteiger partial charge < -0.3 is 0 Å². The lowest BCUT2D eigenvalue weighted by Gasteiger charge is -2.07. The first-order valence-electron chi connectivity index (χ1n) is 6.53. The van der Waals surface area contributed by atoms with Crippen LogP contribution in [0.3, 0.4) is 0 Å². The first kappa shape index (κ1) is 12.8. The highest BCUT2D eigenvalue weighted by atomic mass is 79.9. The van der Waals surface area contributed by atoms with E-state index in [1.54, 1.807) is 15.9 Å². The molecule has 0 aliphatic heterocycles. The quantitative estimate of drug-likeness (QED) is 0.453. The third-order valence-corrected chi connectivity index (χ3v) is 5.21. The Morgan fingerprint density at radius 1 is 0.952 bits per heavy atom. The number of carbonyl (C=O) groups excluding carboxylic acids is 1. The smallest absolute Gasteiger partial charge is 0.264 e. The van der Waals surface area contributed by atoms with Crippen LogP contribution in [0.2, 0.25) is 0 Å². The minimum atomic E-state index is -0.00734. The van der Waals surface area contributed by atoms with Gasteiger partial charge >= 0.3 is 0 Å². The summed E-state index contributed by atoms with van der Waals surface area (Å²) < 4.78 is 3.78. The maximum Gasteiger partial charge on any atom is 0.264 e. The number of fused-ring (bicyclic) bond motifs is 3. The third-order valence-electron chi connectivity index (χ3n) is 3.58. The van der Waals surface area contributed by atoms with Crippen LogP contribution in [0.15, 0.2) is 64.5 Å². The average Bonchev–Trinajstić information content (AvgIpc) is 3.07. The molecule has 0 aliphatic carbocycles. The molecule has 102 valence electrons. The number of nitrogens with zero attached hydrogens (tertiary/aromatic N) is 1. The molecule has 0 aliphatic rings. The van der Waals surface area contributed by atoms with Gasteiger partial charge in [0, 0.05) is 9.86 Å². The van der Waals surface area contributed by atoms with Crippen molar-refractivity contribution >= 4 is 54.3 Å². The van der Waals surface area contributed by atoms with E-state index < -0.39 is 0 Å². The molecule has 0 saturated carbocycles. The largest absolute Gasteiger partial charge is 0.275 e. The van der Waals surface area contributed by atoms with E-state index in [2.05, 4.69) is 22.0 Å². The summed E-state index contributed by atoms with van der Waals surface area (Å²) in [6, 6.07) is 17.6. The predicted molar refractivity (Wildman–Crippen MR) is 91.2 cm³/mol. The Kier molecular flexibility index (Phi) is 2.94. The van der Waals surface area contributed by atoms with E-state index in [-0.39, 0.29) is 5.91 Å². The highest BCUT2D eigenvalue weighted by Gasteiger charge is 2.19. The van der Waals surface area contributed by atoms with Gasteiger partial charge in [0.2, 0.25) is 0 Å². The van der Waals surface area contributed by atoms with Crippen molar-refractivity contribution in [2.24, 2.45) is 0 Å². The lowest BCUT2D eigenvalue weighted by molar-refractivity contribution is 0.0969. The van der Waals surface area contributed by atoms with E-state index in [9.17, 15) is 4.79 Å². The Morgan fingerprint density at radius 2 is 1.71 bits per heavy atom. The van der Waals surface area contributed by atoms with Crippen LogP contribution in [0.4, 0.5) is 0 Å². The summed E-state index contributed by atoms with van der Waals surface area (Å²) >= 11 is 5.14. The average molecular weight is 356 g/mol. The molecule has 0 bridgehead atoms. The molecule has 0 saturated heterocycles. The summed E-state index contributed by atoms with van der Waals surface area (Å²) in [5.74, 6) is -0.00734. The summed E-state index contributed by atoms with van der Waals surface area (Å²) in [5, 5.41) is 3.16. The molecule has 4 aromatic rings. The van der Waals surface area contributed by atoms with Crippen LogP contribution in [-0.4, -0.2) is 10.5 Å². The maximum absolute atomic E-state index is 13.0. The Hall–Kier alpha value is -1.91. The van der Waals surface area contributed by atoms with Crippen LogP contribution in [-0.2, 0) is 0 Å². The van der Waals surface area contributed by atoms with Gasteiger partial charge in [-0.25, -0.2) is 0 Å². The molecular formula is C17H10BrNOS. The van der Waals surface area contributed by atoms with Crippen molar-refractivity contribution < 1.29 is 4.79 Å². The molecule has 0 radical (unpaired) electrons. The molecular weight excluding hydrogens is 346 g/mol. The standard InChI is InChI=1S/C17H10BrNOS/c18-13-7-3-1-5-11(13)17(20)19-14-8-4-2-6-12(14)16-15(19)9-10-21-16/h1-10H. The van der Waals surface area contributed by atoms with Crippen LogP contribution < -0.4 is 0 Å². The Bertz CT molecular complexity index is 983. The number of carbonyl (C=O) groups is 1. The number of hydrogen-bond acceptors (Lipinski definition) is 2. The van der Waals surface area contributed by atoms with Crippen LogP contribution in [0, 0.1) is 0 Å². The summed E-state index contributed by atoms with van der Waals surface area (Å²) in [4.78, 5) is 13.0. The Balaban J connectivity index is 2.07. The molecule has 4 rings (SSSR count). The van der Waals surface area contributed by atoms with Crippen molar-refractivity contribution in [2.45, 2.75) is 0 Å². The van der Waals surface area contributed by atoms with Crippen LogP contribution in [0.5, 0.6) is 0 Å². The van der Waals surface area contributed by atoms with Crippen LogP contribution in [0.25, 0.3) is 21.1 Å². The molecule has 21 heavy (non-hydrogen) atoms. The number of aromatic nitrogens is 1. The van der Waals surface area contributed by atoms with Crippen LogP contribution >= 0.6 is 27.3 Å². The van der Waals surface area contributed by atoms with Gasteiger partial charge in [-0.3, -0.25) is 9.36 Å². The molecule has 4 heteroatoms. The first-order chi connectivity index (χ1) is 10.3. The number of para-hydroxylation sites is 1. The summed E-state index contributed by atoms with van der Waals surface area (Å²) in [5.41, 5.74) is 2.61.